The molecule has 0 radical (unpaired) electrons. The highest BCUT2D eigenvalue weighted by Gasteiger charge is 2.30. The Morgan fingerprint density at radius 3 is 3.05 bits per heavy atom. The first-order valence-corrected chi connectivity index (χ1v) is 7.08. The molecular formula is C15H22N2O2. The van der Waals surface area contributed by atoms with Gasteiger partial charge in [-0.25, -0.2) is 0 Å². The topological polar surface area (TPSA) is 35.9 Å². The smallest absolute Gasteiger partial charge is 0.120 e. The first kappa shape index (κ1) is 12.8. The van der Waals surface area contributed by atoms with E-state index >= 15 is 0 Å². The molecule has 2 aliphatic rings. The number of piperazine rings is 1. The van der Waals surface area contributed by atoms with E-state index in [0.29, 0.717) is 5.75 Å². The van der Waals surface area contributed by atoms with Gasteiger partial charge in [0.15, 0.2) is 0 Å². The van der Waals surface area contributed by atoms with Gasteiger partial charge in [0.25, 0.3) is 0 Å². The minimum atomic E-state index is 0.370. The molecule has 1 unspecified atom stereocenters. The lowest BCUT2D eigenvalue weighted by atomic mass is 10.1. The summed E-state index contributed by atoms with van der Waals surface area (Å²) >= 11 is 0. The first-order chi connectivity index (χ1) is 9.26. The zero-order valence-electron chi connectivity index (χ0n) is 11.5. The standard InChI is InChI=1S/C15H22N2O2/c1-19-14-4-5-15(18)12(9-14)10-16-7-8-17-6-2-3-13(17)11-16/h4-5,9,13,18H,2-3,6-8,10-11H2,1H3. The van der Waals surface area contributed by atoms with Crippen molar-refractivity contribution in [3.8, 4) is 11.5 Å². The van der Waals surface area contributed by atoms with Crippen LogP contribution in [0.25, 0.3) is 0 Å². The molecule has 0 aliphatic carbocycles. The lowest BCUT2D eigenvalue weighted by Gasteiger charge is -2.37. The van der Waals surface area contributed by atoms with Gasteiger partial charge < -0.3 is 9.84 Å². The van der Waals surface area contributed by atoms with Crippen LogP contribution in [0.2, 0.25) is 0 Å². The van der Waals surface area contributed by atoms with Gasteiger partial charge >= 0.3 is 0 Å². The predicted molar refractivity (Wildman–Crippen MR) is 74.5 cm³/mol. The Morgan fingerprint density at radius 1 is 1.32 bits per heavy atom. The third kappa shape index (κ3) is 2.69. The van der Waals surface area contributed by atoms with E-state index in [1.54, 1.807) is 19.2 Å². The number of rotatable bonds is 3. The second kappa shape index (κ2) is 5.39. The summed E-state index contributed by atoms with van der Waals surface area (Å²) in [5.74, 6) is 1.18. The molecule has 2 fully saturated rings. The Labute approximate surface area is 114 Å². The molecule has 1 atom stereocenters. The van der Waals surface area contributed by atoms with Gasteiger partial charge in [0.05, 0.1) is 7.11 Å². The maximum absolute atomic E-state index is 9.96. The van der Waals surface area contributed by atoms with Gasteiger partial charge in [-0.1, -0.05) is 0 Å². The van der Waals surface area contributed by atoms with Crippen molar-refractivity contribution in [1.82, 2.24) is 9.80 Å². The molecule has 1 N–H and O–H groups in total. The summed E-state index contributed by atoms with van der Waals surface area (Å²) in [5, 5.41) is 9.96. The van der Waals surface area contributed by atoms with E-state index in [9.17, 15) is 5.11 Å². The molecule has 0 spiro atoms. The van der Waals surface area contributed by atoms with Gasteiger partial charge in [0, 0.05) is 37.8 Å². The minimum absolute atomic E-state index is 0.370. The summed E-state index contributed by atoms with van der Waals surface area (Å²) in [4.78, 5) is 5.04. The van der Waals surface area contributed by atoms with Crippen LogP contribution in [0.3, 0.4) is 0 Å². The molecule has 0 amide bonds. The summed E-state index contributed by atoms with van der Waals surface area (Å²) in [6.07, 6.45) is 2.66. The first-order valence-electron chi connectivity index (χ1n) is 7.08. The lowest BCUT2D eigenvalue weighted by molar-refractivity contribution is 0.0987. The SMILES string of the molecule is COc1ccc(O)c(CN2CCN3CCCC3C2)c1. The number of hydrogen-bond acceptors (Lipinski definition) is 4. The van der Waals surface area contributed by atoms with Crippen molar-refractivity contribution >= 4 is 0 Å². The van der Waals surface area contributed by atoms with Crippen LogP contribution in [0.15, 0.2) is 18.2 Å². The number of ether oxygens (including phenoxy) is 1. The predicted octanol–water partition coefficient (Wildman–Crippen LogP) is 1.68. The van der Waals surface area contributed by atoms with Crippen LogP contribution in [0.4, 0.5) is 0 Å². The van der Waals surface area contributed by atoms with Crippen molar-refractivity contribution < 1.29 is 9.84 Å². The summed E-state index contributed by atoms with van der Waals surface area (Å²) in [7, 11) is 1.66. The second-order valence-electron chi connectivity index (χ2n) is 5.56. The molecule has 1 aromatic rings. The van der Waals surface area contributed by atoms with Crippen molar-refractivity contribution in [3.05, 3.63) is 23.8 Å². The van der Waals surface area contributed by atoms with Crippen molar-refractivity contribution in [2.24, 2.45) is 0 Å². The summed E-state index contributed by atoms with van der Waals surface area (Å²) in [5.41, 5.74) is 0.964. The molecule has 0 aromatic heterocycles. The van der Waals surface area contributed by atoms with Gasteiger partial charge in [-0.3, -0.25) is 9.80 Å². The number of phenols is 1. The Balaban J connectivity index is 1.68. The molecule has 19 heavy (non-hydrogen) atoms. The maximum atomic E-state index is 9.96. The summed E-state index contributed by atoms with van der Waals surface area (Å²) in [6, 6.07) is 6.19. The minimum Gasteiger partial charge on any atom is -0.508 e. The fourth-order valence-electron chi connectivity index (χ4n) is 3.26. The molecule has 4 heteroatoms. The van der Waals surface area contributed by atoms with Crippen LogP contribution < -0.4 is 4.74 Å². The zero-order chi connectivity index (χ0) is 13.2. The Morgan fingerprint density at radius 2 is 2.21 bits per heavy atom. The second-order valence-corrected chi connectivity index (χ2v) is 5.56. The van der Waals surface area contributed by atoms with Crippen LogP contribution in [0.5, 0.6) is 11.5 Å². The van der Waals surface area contributed by atoms with Crippen molar-refractivity contribution in [3.63, 3.8) is 0 Å². The molecule has 4 nitrogen and oxygen atoms in total. The van der Waals surface area contributed by atoms with E-state index in [2.05, 4.69) is 9.80 Å². The Hall–Kier alpha value is -1.26. The van der Waals surface area contributed by atoms with Gasteiger partial charge in [-0.05, 0) is 37.6 Å². The highest BCUT2D eigenvalue weighted by atomic mass is 16.5. The van der Waals surface area contributed by atoms with Crippen LogP contribution >= 0.6 is 0 Å². The highest BCUT2D eigenvalue weighted by Crippen LogP contribution is 2.27. The van der Waals surface area contributed by atoms with Crippen LogP contribution in [-0.2, 0) is 6.54 Å². The number of benzene rings is 1. The Kier molecular flexibility index (Phi) is 3.62. The number of phenolic OH excluding ortho intramolecular Hbond substituents is 1. The van der Waals surface area contributed by atoms with Crippen LogP contribution in [-0.4, -0.2) is 54.2 Å². The van der Waals surface area contributed by atoms with Crippen molar-refractivity contribution in [1.29, 1.82) is 0 Å². The summed E-state index contributed by atoms with van der Waals surface area (Å²) < 4.78 is 5.23. The van der Waals surface area contributed by atoms with Crippen LogP contribution in [0.1, 0.15) is 18.4 Å². The fraction of sp³-hybridized carbons (Fsp3) is 0.600. The van der Waals surface area contributed by atoms with Crippen molar-refractivity contribution in [2.75, 3.05) is 33.3 Å². The fourth-order valence-corrected chi connectivity index (χ4v) is 3.26. The quantitative estimate of drug-likeness (QED) is 0.899. The molecule has 1 aromatic carbocycles. The zero-order valence-corrected chi connectivity index (χ0v) is 11.5. The van der Waals surface area contributed by atoms with E-state index in [1.165, 1.54) is 19.4 Å². The van der Waals surface area contributed by atoms with E-state index in [1.807, 2.05) is 6.07 Å². The average molecular weight is 262 g/mol. The maximum Gasteiger partial charge on any atom is 0.120 e. The van der Waals surface area contributed by atoms with Crippen molar-refractivity contribution in [2.45, 2.75) is 25.4 Å². The molecule has 2 aliphatic heterocycles. The molecule has 3 rings (SSSR count). The van der Waals surface area contributed by atoms with E-state index in [0.717, 1.165) is 43.5 Å². The van der Waals surface area contributed by atoms with E-state index < -0.39 is 0 Å². The highest BCUT2D eigenvalue weighted by molar-refractivity contribution is 5.39. The Bertz CT molecular complexity index is 450. The monoisotopic (exact) mass is 262 g/mol. The molecule has 104 valence electrons. The molecular weight excluding hydrogens is 240 g/mol. The van der Waals surface area contributed by atoms with Gasteiger partial charge in [-0.2, -0.15) is 0 Å². The van der Waals surface area contributed by atoms with Gasteiger partial charge in [0.2, 0.25) is 0 Å². The number of hydrogen-bond donors (Lipinski definition) is 1. The van der Waals surface area contributed by atoms with Gasteiger partial charge in [0.1, 0.15) is 11.5 Å². The number of aromatic hydroxyl groups is 1. The normalized spacial score (nSPS) is 24.4. The van der Waals surface area contributed by atoms with E-state index in [-0.39, 0.29) is 0 Å². The number of fused-ring (bicyclic) bond motifs is 1. The molecule has 2 heterocycles. The van der Waals surface area contributed by atoms with Crippen LogP contribution in [0, 0.1) is 0 Å². The lowest BCUT2D eigenvalue weighted by Crippen LogP contribution is -2.49. The average Bonchev–Trinajstić information content (AvgIpc) is 2.89. The van der Waals surface area contributed by atoms with E-state index in [4.69, 9.17) is 4.74 Å². The number of methoxy groups -OCH3 is 1. The molecule has 0 saturated carbocycles. The largest absolute Gasteiger partial charge is 0.508 e. The third-order valence-corrected chi connectivity index (χ3v) is 4.35. The van der Waals surface area contributed by atoms with Gasteiger partial charge in [-0.15, -0.1) is 0 Å². The molecule has 0 bridgehead atoms. The number of nitrogens with zero attached hydrogens (tertiary/aromatic N) is 2. The molecule has 2 saturated heterocycles. The third-order valence-electron chi connectivity index (χ3n) is 4.35. The summed E-state index contributed by atoms with van der Waals surface area (Å²) in [6.45, 7) is 5.45.